The van der Waals surface area contributed by atoms with Gasteiger partial charge in [0.05, 0.1) is 0 Å². The highest BCUT2D eigenvalue weighted by molar-refractivity contribution is 5.79. The van der Waals surface area contributed by atoms with Gasteiger partial charge in [0.1, 0.15) is 5.78 Å². The first-order valence-electron chi connectivity index (χ1n) is 9.66. The molecule has 4 aliphatic rings. The Morgan fingerprint density at radius 1 is 1.00 bits per heavy atom. The molecular weight excluding hydrogens is 268 g/mol. The number of rotatable bonds is 0. The van der Waals surface area contributed by atoms with Gasteiger partial charge in [-0.1, -0.05) is 25.5 Å². The van der Waals surface area contributed by atoms with Gasteiger partial charge in [0.15, 0.2) is 0 Å². The quantitative estimate of drug-likeness (QED) is 0.536. The zero-order valence-electron chi connectivity index (χ0n) is 14.7. The fraction of sp³-hybridized carbons (Fsp3) is 0.857. The van der Waals surface area contributed by atoms with Crippen molar-refractivity contribution in [3.05, 3.63) is 11.6 Å². The average Bonchev–Trinajstić information content (AvgIpc) is 2.84. The van der Waals surface area contributed by atoms with E-state index in [0.29, 0.717) is 22.5 Å². The Bertz CT molecular complexity index is 518. The molecule has 0 spiro atoms. The Balaban J connectivity index is 1.65. The summed E-state index contributed by atoms with van der Waals surface area (Å²) in [7, 11) is 0. The monoisotopic (exact) mass is 300 g/mol. The van der Waals surface area contributed by atoms with Gasteiger partial charge in [-0.05, 0) is 86.4 Å². The Labute approximate surface area is 135 Å². The fourth-order valence-corrected chi connectivity index (χ4v) is 7.37. The zero-order valence-corrected chi connectivity index (χ0v) is 14.7. The van der Waals surface area contributed by atoms with Gasteiger partial charge in [-0.15, -0.1) is 0 Å². The summed E-state index contributed by atoms with van der Waals surface area (Å²) >= 11 is 0. The molecule has 4 saturated carbocycles. The fourth-order valence-electron chi connectivity index (χ4n) is 7.37. The van der Waals surface area contributed by atoms with Crippen LogP contribution in [0.1, 0.15) is 78.6 Å². The van der Waals surface area contributed by atoms with Crippen LogP contribution in [0.5, 0.6) is 0 Å². The van der Waals surface area contributed by atoms with Gasteiger partial charge >= 0.3 is 0 Å². The Morgan fingerprint density at radius 2 is 1.82 bits per heavy atom. The molecule has 0 heterocycles. The van der Waals surface area contributed by atoms with E-state index >= 15 is 0 Å². The van der Waals surface area contributed by atoms with E-state index < -0.39 is 0 Å². The van der Waals surface area contributed by atoms with Crippen molar-refractivity contribution in [1.29, 1.82) is 0 Å². The van der Waals surface area contributed by atoms with Crippen molar-refractivity contribution in [3.8, 4) is 0 Å². The first kappa shape index (κ1) is 15.0. The Kier molecular flexibility index (Phi) is 3.37. The molecule has 6 atom stereocenters. The largest absolute Gasteiger partial charge is 0.300 e. The lowest BCUT2D eigenvalue weighted by molar-refractivity contribution is -0.136. The normalized spacial score (nSPS) is 53.0. The first-order chi connectivity index (χ1) is 10.5. The summed E-state index contributed by atoms with van der Waals surface area (Å²) in [4.78, 5) is 11.9. The number of hydrogen-bond acceptors (Lipinski definition) is 1. The standard InChI is InChI=1S/C21H32O/c1-4-14-6-8-18-17-7-5-15-13-16(22)9-11-21(15,3)19(17)10-12-20(14,18)2/h4,15,17-19H,5-13H2,1-3H3. The number of allylic oxidation sites excluding steroid dienone is 2. The molecule has 0 radical (unpaired) electrons. The summed E-state index contributed by atoms with van der Waals surface area (Å²) in [6.07, 6.45) is 13.7. The second-order valence-electron chi connectivity index (χ2n) is 9.21. The van der Waals surface area contributed by atoms with E-state index in [9.17, 15) is 4.79 Å². The van der Waals surface area contributed by atoms with Crippen molar-refractivity contribution in [2.45, 2.75) is 78.6 Å². The van der Waals surface area contributed by atoms with E-state index in [4.69, 9.17) is 0 Å². The van der Waals surface area contributed by atoms with Crippen LogP contribution in [0.2, 0.25) is 0 Å². The molecule has 0 aliphatic heterocycles. The lowest BCUT2D eigenvalue weighted by Gasteiger charge is -2.59. The third kappa shape index (κ3) is 1.86. The molecule has 4 fully saturated rings. The van der Waals surface area contributed by atoms with Crippen LogP contribution in [0, 0.1) is 34.5 Å². The maximum absolute atomic E-state index is 11.9. The van der Waals surface area contributed by atoms with Gasteiger partial charge in [-0.3, -0.25) is 4.79 Å². The molecule has 0 bridgehead atoms. The van der Waals surface area contributed by atoms with E-state index in [1.807, 2.05) is 0 Å². The van der Waals surface area contributed by atoms with Gasteiger partial charge in [0.25, 0.3) is 0 Å². The van der Waals surface area contributed by atoms with E-state index in [0.717, 1.165) is 30.6 Å². The lowest BCUT2D eigenvalue weighted by Crippen LogP contribution is -2.52. The minimum Gasteiger partial charge on any atom is -0.300 e. The SMILES string of the molecule is CC=C1CCC2C3CCC4CC(=O)CCC4(C)C3CCC12C. The van der Waals surface area contributed by atoms with Crippen LogP contribution in [0.3, 0.4) is 0 Å². The molecule has 0 amide bonds. The predicted molar refractivity (Wildman–Crippen MR) is 90.5 cm³/mol. The molecule has 4 aliphatic carbocycles. The Morgan fingerprint density at radius 3 is 2.59 bits per heavy atom. The number of ketones is 1. The maximum Gasteiger partial charge on any atom is 0.133 e. The minimum absolute atomic E-state index is 0.469. The number of carbonyl (C=O) groups excluding carboxylic acids is 1. The summed E-state index contributed by atoms with van der Waals surface area (Å²) in [6, 6.07) is 0. The van der Waals surface area contributed by atoms with Crippen molar-refractivity contribution in [1.82, 2.24) is 0 Å². The van der Waals surface area contributed by atoms with Crippen molar-refractivity contribution in [2.24, 2.45) is 34.5 Å². The summed E-state index contributed by atoms with van der Waals surface area (Å²) in [5.74, 6) is 3.99. The number of fused-ring (bicyclic) bond motifs is 5. The van der Waals surface area contributed by atoms with Crippen molar-refractivity contribution in [2.75, 3.05) is 0 Å². The molecule has 0 aromatic carbocycles. The first-order valence-corrected chi connectivity index (χ1v) is 9.66. The Hall–Kier alpha value is -0.590. The van der Waals surface area contributed by atoms with Gasteiger partial charge in [-0.2, -0.15) is 0 Å². The molecule has 0 aromatic heterocycles. The van der Waals surface area contributed by atoms with E-state index in [1.54, 1.807) is 5.57 Å². The van der Waals surface area contributed by atoms with Crippen molar-refractivity contribution >= 4 is 5.78 Å². The lowest BCUT2D eigenvalue weighted by atomic mass is 9.45. The summed E-state index contributed by atoms with van der Waals surface area (Å²) < 4.78 is 0. The smallest absolute Gasteiger partial charge is 0.133 e. The number of Topliss-reactive ketones (excluding diaryl/α,β-unsaturated/α-hetero) is 1. The van der Waals surface area contributed by atoms with E-state index in [1.165, 1.54) is 44.9 Å². The van der Waals surface area contributed by atoms with E-state index in [-0.39, 0.29) is 0 Å². The summed E-state index contributed by atoms with van der Waals surface area (Å²) in [5, 5.41) is 0. The molecule has 1 nitrogen and oxygen atoms in total. The molecular formula is C21H32O. The molecule has 0 aromatic rings. The highest BCUT2D eigenvalue weighted by atomic mass is 16.1. The second kappa shape index (κ2) is 4.95. The van der Waals surface area contributed by atoms with Gasteiger partial charge in [-0.25, -0.2) is 0 Å². The van der Waals surface area contributed by atoms with Crippen LogP contribution in [0.25, 0.3) is 0 Å². The summed E-state index contributed by atoms with van der Waals surface area (Å²) in [6.45, 7) is 7.37. The van der Waals surface area contributed by atoms with Gasteiger partial charge in [0.2, 0.25) is 0 Å². The van der Waals surface area contributed by atoms with Crippen molar-refractivity contribution < 1.29 is 4.79 Å². The van der Waals surface area contributed by atoms with Crippen LogP contribution in [-0.4, -0.2) is 5.78 Å². The predicted octanol–water partition coefficient (Wildman–Crippen LogP) is 5.54. The maximum atomic E-state index is 11.9. The van der Waals surface area contributed by atoms with Crippen LogP contribution >= 0.6 is 0 Å². The molecule has 122 valence electrons. The zero-order chi connectivity index (χ0) is 15.5. The van der Waals surface area contributed by atoms with Crippen LogP contribution in [0.15, 0.2) is 11.6 Å². The molecule has 0 N–H and O–H groups in total. The number of carbonyl (C=O) groups is 1. The third-order valence-electron chi connectivity index (χ3n) is 8.68. The van der Waals surface area contributed by atoms with Crippen LogP contribution < -0.4 is 0 Å². The topological polar surface area (TPSA) is 17.1 Å². The van der Waals surface area contributed by atoms with Crippen LogP contribution in [-0.2, 0) is 4.79 Å². The molecule has 1 heteroatoms. The number of hydrogen-bond donors (Lipinski definition) is 0. The third-order valence-corrected chi connectivity index (χ3v) is 8.68. The highest BCUT2D eigenvalue weighted by Gasteiger charge is 2.58. The highest BCUT2D eigenvalue weighted by Crippen LogP contribution is 2.67. The van der Waals surface area contributed by atoms with Crippen molar-refractivity contribution in [3.63, 3.8) is 0 Å². The second-order valence-corrected chi connectivity index (χ2v) is 9.21. The molecule has 0 saturated heterocycles. The minimum atomic E-state index is 0.469. The molecule has 4 rings (SSSR count). The van der Waals surface area contributed by atoms with Crippen LogP contribution in [0.4, 0.5) is 0 Å². The van der Waals surface area contributed by atoms with Gasteiger partial charge < -0.3 is 0 Å². The summed E-state index contributed by atoms with van der Waals surface area (Å²) in [5.41, 5.74) is 2.72. The molecule has 6 unspecified atom stereocenters. The molecule has 22 heavy (non-hydrogen) atoms. The van der Waals surface area contributed by atoms with Gasteiger partial charge in [0, 0.05) is 12.8 Å². The average molecular weight is 300 g/mol. The van der Waals surface area contributed by atoms with E-state index in [2.05, 4.69) is 26.8 Å².